The van der Waals surface area contributed by atoms with Crippen LogP contribution < -0.4 is 0 Å². The van der Waals surface area contributed by atoms with Gasteiger partial charge in [0.2, 0.25) is 0 Å². The molecule has 100 valence electrons. The maximum atomic E-state index is 12.2. The van der Waals surface area contributed by atoms with Crippen LogP contribution in [0.5, 0.6) is 0 Å². The zero-order valence-electron chi connectivity index (χ0n) is 10.1. The van der Waals surface area contributed by atoms with Gasteiger partial charge in [0.25, 0.3) is 10.0 Å². The van der Waals surface area contributed by atoms with E-state index in [0.717, 1.165) is 4.47 Å². The summed E-state index contributed by atoms with van der Waals surface area (Å²) in [5.41, 5.74) is 0. The minimum atomic E-state index is -3.85. The smallest absolute Gasteiger partial charge is 0.423 e. The second-order valence-corrected chi connectivity index (χ2v) is 6.10. The molecule has 0 aliphatic carbocycles. The van der Waals surface area contributed by atoms with Crippen LogP contribution in [0, 0.1) is 0 Å². The molecule has 0 radical (unpaired) electrons. The van der Waals surface area contributed by atoms with Gasteiger partial charge in [-0.1, -0.05) is 15.9 Å². The maximum Gasteiger partial charge on any atom is 0.423 e. The Labute approximate surface area is 115 Å². The van der Waals surface area contributed by atoms with Crippen LogP contribution in [0.1, 0.15) is 13.8 Å². The van der Waals surface area contributed by atoms with Gasteiger partial charge in [-0.2, -0.15) is 0 Å². The van der Waals surface area contributed by atoms with E-state index in [1.54, 1.807) is 26.0 Å². The topological polar surface area (TPSA) is 63.7 Å². The summed E-state index contributed by atoms with van der Waals surface area (Å²) in [6.45, 7) is 3.35. The number of halogens is 1. The quantitative estimate of drug-likeness (QED) is 0.848. The summed E-state index contributed by atoms with van der Waals surface area (Å²) in [5, 5.41) is 0. The fourth-order valence-corrected chi connectivity index (χ4v) is 2.91. The molecule has 0 aliphatic heterocycles. The number of amides is 1. The first-order valence-corrected chi connectivity index (χ1v) is 7.61. The Balaban J connectivity index is 3.10. The minimum Gasteiger partial charge on any atom is -0.449 e. The van der Waals surface area contributed by atoms with Crippen molar-refractivity contribution in [3.05, 3.63) is 28.7 Å². The Morgan fingerprint density at radius 2 is 1.83 bits per heavy atom. The van der Waals surface area contributed by atoms with Crippen LogP contribution >= 0.6 is 15.9 Å². The third-order valence-corrected chi connectivity index (χ3v) is 4.54. The second-order valence-electron chi connectivity index (χ2n) is 3.32. The highest BCUT2D eigenvalue weighted by atomic mass is 79.9. The molecule has 0 aromatic heterocycles. The highest BCUT2D eigenvalue weighted by Gasteiger charge is 2.28. The molecule has 0 saturated carbocycles. The van der Waals surface area contributed by atoms with Gasteiger partial charge in [-0.05, 0) is 38.1 Å². The Morgan fingerprint density at radius 3 is 2.28 bits per heavy atom. The Hall–Kier alpha value is -1.08. The van der Waals surface area contributed by atoms with Crippen molar-refractivity contribution in [1.29, 1.82) is 0 Å². The molecule has 0 unspecified atom stereocenters. The third kappa shape index (κ3) is 3.23. The SMILES string of the molecule is CCOC(=O)N(CC)S(=O)(=O)c1ccc(Br)cc1. The molecule has 0 N–H and O–H groups in total. The van der Waals surface area contributed by atoms with E-state index in [1.807, 2.05) is 0 Å². The average molecular weight is 336 g/mol. The van der Waals surface area contributed by atoms with Crippen molar-refractivity contribution in [2.45, 2.75) is 18.7 Å². The summed E-state index contributed by atoms with van der Waals surface area (Å²) in [6.07, 6.45) is -0.858. The largest absolute Gasteiger partial charge is 0.449 e. The molecule has 0 bridgehead atoms. The standard InChI is InChI=1S/C11H14BrNO4S/c1-3-13(11(14)17-4-2)18(15,16)10-7-5-9(12)6-8-10/h5-8H,3-4H2,1-2H3. The lowest BCUT2D eigenvalue weighted by molar-refractivity contribution is 0.132. The van der Waals surface area contributed by atoms with Crippen LogP contribution in [0.2, 0.25) is 0 Å². The fraction of sp³-hybridized carbons (Fsp3) is 0.364. The molecule has 0 fully saturated rings. The summed E-state index contributed by atoms with van der Waals surface area (Å²) in [5.74, 6) is 0. The molecule has 0 saturated heterocycles. The number of nitrogens with zero attached hydrogens (tertiary/aromatic N) is 1. The van der Waals surface area contributed by atoms with Crippen molar-refractivity contribution in [2.75, 3.05) is 13.2 Å². The zero-order valence-corrected chi connectivity index (χ0v) is 12.5. The van der Waals surface area contributed by atoms with E-state index in [4.69, 9.17) is 4.74 Å². The van der Waals surface area contributed by atoms with Gasteiger partial charge in [0.1, 0.15) is 0 Å². The molecule has 1 aromatic rings. The zero-order chi connectivity index (χ0) is 13.8. The predicted molar refractivity (Wildman–Crippen MR) is 70.7 cm³/mol. The molecule has 7 heteroatoms. The predicted octanol–water partition coefficient (Wildman–Crippen LogP) is 2.62. The van der Waals surface area contributed by atoms with Crippen molar-refractivity contribution in [3.8, 4) is 0 Å². The number of hydrogen-bond donors (Lipinski definition) is 0. The number of carbonyl (C=O) groups is 1. The first-order chi connectivity index (χ1) is 8.43. The second kappa shape index (κ2) is 6.19. The Kier molecular flexibility index (Phi) is 5.15. The summed E-state index contributed by atoms with van der Waals surface area (Å²) in [6, 6.07) is 6.07. The molecule has 0 heterocycles. The van der Waals surface area contributed by atoms with Crippen LogP contribution in [0.4, 0.5) is 4.79 Å². The van der Waals surface area contributed by atoms with Gasteiger partial charge in [-0.3, -0.25) is 0 Å². The van der Waals surface area contributed by atoms with E-state index >= 15 is 0 Å². The molecular weight excluding hydrogens is 322 g/mol. The number of carbonyl (C=O) groups excluding carboxylic acids is 1. The molecule has 0 atom stereocenters. The van der Waals surface area contributed by atoms with E-state index < -0.39 is 16.1 Å². The van der Waals surface area contributed by atoms with Crippen LogP contribution in [-0.2, 0) is 14.8 Å². The van der Waals surface area contributed by atoms with Crippen LogP contribution in [0.3, 0.4) is 0 Å². The Bertz CT molecular complexity index is 512. The first kappa shape index (κ1) is 15.0. The number of benzene rings is 1. The van der Waals surface area contributed by atoms with Gasteiger partial charge < -0.3 is 4.74 Å². The maximum absolute atomic E-state index is 12.2. The van der Waals surface area contributed by atoms with Gasteiger partial charge in [-0.25, -0.2) is 17.5 Å². The summed E-state index contributed by atoms with van der Waals surface area (Å²) in [7, 11) is -3.85. The van der Waals surface area contributed by atoms with Gasteiger partial charge in [0.15, 0.2) is 0 Å². The molecule has 1 aromatic carbocycles. The average Bonchev–Trinajstić information content (AvgIpc) is 2.30. The highest BCUT2D eigenvalue weighted by molar-refractivity contribution is 9.10. The number of sulfonamides is 1. The number of rotatable bonds is 4. The molecule has 1 amide bonds. The molecule has 1 rings (SSSR count). The molecule has 0 aliphatic rings. The number of ether oxygens (including phenoxy) is 1. The van der Waals surface area contributed by atoms with E-state index in [9.17, 15) is 13.2 Å². The van der Waals surface area contributed by atoms with Gasteiger partial charge in [0, 0.05) is 11.0 Å². The van der Waals surface area contributed by atoms with Crippen LogP contribution in [0.25, 0.3) is 0 Å². The van der Waals surface area contributed by atoms with E-state index in [2.05, 4.69) is 15.9 Å². The van der Waals surface area contributed by atoms with Gasteiger partial charge in [-0.15, -0.1) is 0 Å². The highest BCUT2D eigenvalue weighted by Crippen LogP contribution is 2.19. The van der Waals surface area contributed by atoms with E-state index in [-0.39, 0.29) is 18.0 Å². The molecule has 18 heavy (non-hydrogen) atoms. The van der Waals surface area contributed by atoms with Crippen LogP contribution in [0.15, 0.2) is 33.6 Å². The number of hydrogen-bond acceptors (Lipinski definition) is 4. The summed E-state index contributed by atoms with van der Waals surface area (Å²) >= 11 is 3.22. The summed E-state index contributed by atoms with van der Waals surface area (Å²) < 4.78 is 30.6. The fourth-order valence-electron chi connectivity index (χ4n) is 1.33. The lowest BCUT2D eigenvalue weighted by Crippen LogP contribution is -2.37. The minimum absolute atomic E-state index is 0.0250. The third-order valence-electron chi connectivity index (χ3n) is 2.16. The molecule has 5 nitrogen and oxygen atoms in total. The van der Waals surface area contributed by atoms with Crippen LogP contribution in [-0.4, -0.2) is 32.0 Å². The monoisotopic (exact) mass is 335 g/mol. The van der Waals surface area contributed by atoms with Crippen molar-refractivity contribution in [1.82, 2.24) is 4.31 Å². The van der Waals surface area contributed by atoms with Crippen molar-refractivity contribution < 1.29 is 17.9 Å². The normalized spacial score (nSPS) is 11.1. The van der Waals surface area contributed by atoms with Gasteiger partial charge >= 0.3 is 6.09 Å². The molecule has 0 spiro atoms. The van der Waals surface area contributed by atoms with Crippen molar-refractivity contribution in [2.24, 2.45) is 0 Å². The Morgan fingerprint density at radius 1 is 1.28 bits per heavy atom. The van der Waals surface area contributed by atoms with Crippen molar-refractivity contribution in [3.63, 3.8) is 0 Å². The molecular formula is C11H14BrNO4S. The van der Waals surface area contributed by atoms with E-state index in [1.165, 1.54) is 12.1 Å². The summed E-state index contributed by atoms with van der Waals surface area (Å²) in [4.78, 5) is 11.6. The lowest BCUT2D eigenvalue weighted by Gasteiger charge is -2.19. The van der Waals surface area contributed by atoms with Gasteiger partial charge in [0.05, 0.1) is 11.5 Å². The van der Waals surface area contributed by atoms with Crippen molar-refractivity contribution >= 4 is 32.0 Å². The lowest BCUT2D eigenvalue weighted by atomic mass is 10.4. The first-order valence-electron chi connectivity index (χ1n) is 5.38. The van der Waals surface area contributed by atoms with E-state index in [0.29, 0.717) is 4.31 Å².